The summed E-state index contributed by atoms with van der Waals surface area (Å²) in [4.78, 5) is 19.1. The maximum Gasteiger partial charge on any atom is 0.255 e. The van der Waals surface area contributed by atoms with E-state index in [1.807, 2.05) is 24.4 Å². The van der Waals surface area contributed by atoms with Gasteiger partial charge in [0, 0.05) is 25.5 Å². The third-order valence-corrected chi connectivity index (χ3v) is 3.79. The number of hydrogen-bond donors (Lipinski definition) is 1. The second-order valence-corrected chi connectivity index (χ2v) is 5.59. The molecule has 0 aliphatic carbocycles. The van der Waals surface area contributed by atoms with E-state index in [1.54, 1.807) is 35.5 Å². The summed E-state index contributed by atoms with van der Waals surface area (Å²) in [5, 5.41) is 2.01. The van der Waals surface area contributed by atoms with Crippen LogP contribution < -0.4 is 5.73 Å². The first-order valence-electron chi connectivity index (χ1n) is 6.54. The van der Waals surface area contributed by atoms with Gasteiger partial charge in [0.05, 0.1) is 17.0 Å². The summed E-state index contributed by atoms with van der Waals surface area (Å²) in [5.74, 6) is 5.78. The normalized spacial score (nSPS) is 9.86. The summed E-state index contributed by atoms with van der Waals surface area (Å²) in [5.41, 5.74) is 7.91. The average molecular weight is 299 g/mol. The molecule has 108 valence electrons. The van der Waals surface area contributed by atoms with Crippen LogP contribution in [0.15, 0.2) is 29.8 Å². The van der Waals surface area contributed by atoms with E-state index < -0.39 is 0 Å². The molecule has 2 rings (SSSR count). The van der Waals surface area contributed by atoms with E-state index in [-0.39, 0.29) is 5.91 Å². The lowest BCUT2D eigenvalue weighted by Gasteiger charge is -2.16. The monoisotopic (exact) mass is 299 g/mol. The lowest BCUT2D eigenvalue weighted by Crippen LogP contribution is -2.26. The highest BCUT2D eigenvalue weighted by atomic mass is 32.1. The molecule has 0 bridgehead atoms. The molecule has 0 atom stereocenters. The van der Waals surface area contributed by atoms with Crippen LogP contribution in [0.3, 0.4) is 0 Å². The van der Waals surface area contributed by atoms with E-state index in [0.717, 1.165) is 16.1 Å². The van der Waals surface area contributed by atoms with Crippen LogP contribution in [0.1, 0.15) is 26.5 Å². The first kappa shape index (κ1) is 15.2. The molecule has 0 aliphatic rings. The van der Waals surface area contributed by atoms with E-state index in [2.05, 4.69) is 16.8 Å². The quantitative estimate of drug-likeness (QED) is 0.882. The summed E-state index contributed by atoms with van der Waals surface area (Å²) in [6, 6.07) is 5.63. The topological polar surface area (TPSA) is 59.2 Å². The Morgan fingerprint density at radius 3 is 2.95 bits per heavy atom. The lowest BCUT2D eigenvalue weighted by molar-refractivity contribution is 0.0785. The third-order valence-electron chi connectivity index (χ3n) is 2.89. The minimum Gasteiger partial charge on any atom is -0.337 e. The van der Waals surface area contributed by atoms with Crippen LogP contribution in [0.2, 0.25) is 0 Å². The molecular weight excluding hydrogens is 282 g/mol. The van der Waals surface area contributed by atoms with Gasteiger partial charge in [0.2, 0.25) is 0 Å². The Hall–Kier alpha value is -2.16. The Morgan fingerprint density at radius 1 is 1.48 bits per heavy atom. The highest BCUT2D eigenvalue weighted by molar-refractivity contribution is 7.10. The highest BCUT2D eigenvalue weighted by Gasteiger charge is 2.12. The minimum atomic E-state index is -0.0386. The molecule has 21 heavy (non-hydrogen) atoms. The van der Waals surface area contributed by atoms with Crippen LogP contribution in [0.25, 0.3) is 0 Å². The molecule has 2 aromatic rings. The molecule has 0 saturated heterocycles. The van der Waals surface area contributed by atoms with Crippen molar-refractivity contribution in [1.29, 1.82) is 0 Å². The maximum atomic E-state index is 12.3. The zero-order valence-corrected chi connectivity index (χ0v) is 12.9. The van der Waals surface area contributed by atoms with Crippen molar-refractivity contribution in [3.05, 3.63) is 51.5 Å². The zero-order chi connectivity index (χ0) is 15.2. The molecule has 1 amide bonds. The number of hydrogen-bond acceptors (Lipinski definition) is 4. The van der Waals surface area contributed by atoms with E-state index in [4.69, 9.17) is 5.73 Å². The number of rotatable bonds is 3. The van der Waals surface area contributed by atoms with E-state index in [1.165, 1.54) is 0 Å². The number of aromatic nitrogens is 1. The summed E-state index contributed by atoms with van der Waals surface area (Å²) in [6.45, 7) is 2.80. The number of pyridine rings is 1. The summed E-state index contributed by atoms with van der Waals surface area (Å²) in [6.07, 6.45) is 1.61. The van der Waals surface area contributed by atoms with Gasteiger partial charge in [-0.2, -0.15) is 0 Å². The van der Waals surface area contributed by atoms with Gasteiger partial charge in [0.25, 0.3) is 5.91 Å². The summed E-state index contributed by atoms with van der Waals surface area (Å²) < 4.78 is 0. The largest absolute Gasteiger partial charge is 0.337 e. The molecule has 0 spiro atoms. The molecule has 0 fully saturated rings. The van der Waals surface area contributed by atoms with Gasteiger partial charge in [-0.1, -0.05) is 11.8 Å². The van der Waals surface area contributed by atoms with Crippen molar-refractivity contribution in [1.82, 2.24) is 9.88 Å². The number of carbonyl (C=O) groups excluding carboxylic acids is 1. The Morgan fingerprint density at radius 2 is 2.29 bits per heavy atom. The van der Waals surface area contributed by atoms with Crippen molar-refractivity contribution < 1.29 is 4.79 Å². The fourth-order valence-corrected chi connectivity index (χ4v) is 2.59. The van der Waals surface area contributed by atoms with Crippen molar-refractivity contribution in [2.75, 3.05) is 13.6 Å². The smallest absolute Gasteiger partial charge is 0.255 e. The van der Waals surface area contributed by atoms with Gasteiger partial charge in [-0.15, -0.1) is 11.3 Å². The molecule has 0 radical (unpaired) electrons. The van der Waals surface area contributed by atoms with Gasteiger partial charge in [0.1, 0.15) is 0 Å². The molecule has 0 aliphatic heterocycles. The fourth-order valence-electron chi connectivity index (χ4n) is 1.82. The van der Waals surface area contributed by atoms with Crippen molar-refractivity contribution >= 4 is 17.2 Å². The van der Waals surface area contributed by atoms with Crippen molar-refractivity contribution in [3.63, 3.8) is 0 Å². The van der Waals surface area contributed by atoms with Crippen LogP contribution in [-0.2, 0) is 6.54 Å². The second-order valence-electron chi connectivity index (χ2n) is 4.67. The predicted octanol–water partition coefficient (Wildman–Crippen LogP) is 2.03. The number of nitrogens with two attached hydrogens (primary N) is 1. The SMILES string of the molecule is Cc1ccc(C(=O)N(C)Cc2csc(C#CCN)c2)cn1. The molecule has 4 nitrogen and oxygen atoms in total. The van der Waals surface area contributed by atoms with Crippen molar-refractivity contribution in [2.24, 2.45) is 5.73 Å². The first-order valence-corrected chi connectivity index (χ1v) is 7.42. The van der Waals surface area contributed by atoms with Crippen LogP contribution in [0.5, 0.6) is 0 Å². The van der Waals surface area contributed by atoms with Gasteiger partial charge < -0.3 is 10.6 Å². The van der Waals surface area contributed by atoms with Gasteiger partial charge in [-0.05, 0) is 36.1 Å². The van der Waals surface area contributed by atoms with Gasteiger partial charge in [-0.25, -0.2) is 0 Å². The third kappa shape index (κ3) is 4.15. The van der Waals surface area contributed by atoms with Crippen molar-refractivity contribution in [2.45, 2.75) is 13.5 Å². The molecule has 2 heterocycles. The highest BCUT2D eigenvalue weighted by Crippen LogP contribution is 2.16. The first-order chi connectivity index (χ1) is 10.1. The fraction of sp³-hybridized carbons (Fsp3) is 0.250. The molecule has 2 aromatic heterocycles. The Kier molecular flexibility index (Phi) is 5.09. The summed E-state index contributed by atoms with van der Waals surface area (Å²) in [7, 11) is 1.78. The number of nitrogens with zero attached hydrogens (tertiary/aromatic N) is 2. The molecule has 0 unspecified atom stereocenters. The summed E-state index contributed by atoms with van der Waals surface area (Å²) >= 11 is 1.56. The number of amides is 1. The molecule has 2 N–H and O–H groups in total. The molecule has 0 aromatic carbocycles. The van der Waals surface area contributed by atoms with Crippen LogP contribution in [0, 0.1) is 18.8 Å². The number of thiophene rings is 1. The maximum absolute atomic E-state index is 12.3. The Bertz CT molecular complexity index is 680. The van der Waals surface area contributed by atoms with Crippen LogP contribution >= 0.6 is 11.3 Å². The van der Waals surface area contributed by atoms with E-state index in [0.29, 0.717) is 18.7 Å². The number of aryl methyl sites for hydroxylation is 1. The zero-order valence-electron chi connectivity index (χ0n) is 12.1. The molecule has 5 heteroatoms. The minimum absolute atomic E-state index is 0.0386. The molecular formula is C16H17N3OS. The standard InChI is InChI=1S/C16H17N3OS/c1-12-5-6-14(9-18-12)16(20)19(2)10-13-8-15(21-11-13)4-3-7-17/h5-6,8-9,11H,7,10,17H2,1-2H3. The molecule has 0 saturated carbocycles. The lowest BCUT2D eigenvalue weighted by atomic mass is 10.2. The van der Waals surface area contributed by atoms with Gasteiger partial charge >= 0.3 is 0 Å². The number of carbonyl (C=O) groups is 1. The van der Waals surface area contributed by atoms with Gasteiger partial charge in [0.15, 0.2) is 0 Å². The van der Waals surface area contributed by atoms with Crippen molar-refractivity contribution in [3.8, 4) is 11.8 Å². The van der Waals surface area contributed by atoms with E-state index in [9.17, 15) is 4.79 Å². The predicted molar refractivity (Wildman–Crippen MR) is 85.0 cm³/mol. The van der Waals surface area contributed by atoms with Crippen LogP contribution in [-0.4, -0.2) is 29.4 Å². The van der Waals surface area contributed by atoms with Crippen LogP contribution in [0.4, 0.5) is 0 Å². The second kappa shape index (κ2) is 7.02. The van der Waals surface area contributed by atoms with E-state index >= 15 is 0 Å². The average Bonchev–Trinajstić information content (AvgIpc) is 2.92. The van der Waals surface area contributed by atoms with Gasteiger partial charge in [-0.3, -0.25) is 9.78 Å². The Balaban J connectivity index is 2.03. The Labute approximate surface area is 128 Å².